The van der Waals surface area contributed by atoms with Crippen molar-refractivity contribution < 1.29 is 13.9 Å². The Morgan fingerprint density at radius 2 is 2.24 bits per heavy atom. The van der Waals surface area contributed by atoms with Gasteiger partial charge in [0, 0.05) is 11.6 Å². The maximum absolute atomic E-state index is 13.5. The molecule has 3 aromatic rings. The predicted molar refractivity (Wildman–Crippen MR) is 72.3 cm³/mol. The van der Waals surface area contributed by atoms with Gasteiger partial charge < -0.3 is 10.5 Å². The van der Waals surface area contributed by atoms with Gasteiger partial charge in [-0.1, -0.05) is 12.1 Å². The van der Waals surface area contributed by atoms with Crippen LogP contribution in [-0.2, 0) is 0 Å². The van der Waals surface area contributed by atoms with E-state index < -0.39 is 11.7 Å². The molecule has 2 N–H and O–H groups in total. The van der Waals surface area contributed by atoms with Crippen molar-refractivity contribution in [1.82, 2.24) is 14.6 Å². The van der Waals surface area contributed by atoms with Crippen molar-refractivity contribution in [3.8, 4) is 17.0 Å². The topological polar surface area (TPSA) is 82.5 Å². The Hall–Kier alpha value is -2.96. The molecule has 0 unspecified atom stereocenters. The normalized spacial score (nSPS) is 10.8. The summed E-state index contributed by atoms with van der Waals surface area (Å²) < 4.78 is 20.0. The molecule has 7 heteroatoms. The van der Waals surface area contributed by atoms with Crippen LogP contribution in [0, 0.1) is 12.1 Å². The Morgan fingerprint density at radius 1 is 1.43 bits per heavy atom. The number of primary amides is 1. The third kappa shape index (κ3) is 2.08. The van der Waals surface area contributed by atoms with E-state index in [1.54, 1.807) is 6.07 Å². The van der Waals surface area contributed by atoms with Crippen LogP contribution in [0.15, 0.2) is 30.3 Å². The quantitative estimate of drug-likeness (QED) is 0.789. The van der Waals surface area contributed by atoms with Crippen LogP contribution in [0.4, 0.5) is 4.39 Å². The molecule has 3 rings (SSSR count). The summed E-state index contributed by atoms with van der Waals surface area (Å²) in [6.07, 6.45) is 2.44. The molecule has 0 aliphatic rings. The Bertz CT molecular complexity index is 844. The van der Waals surface area contributed by atoms with E-state index in [-0.39, 0.29) is 11.4 Å². The highest BCUT2D eigenvalue weighted by atomic mass is 19.1. The van der Waals surface area contributed by atoms with E-state index in [1.165, 1.54) is 35.9 Å². The van der Waals surface area contributed by atoms with Crippen LogP contribution >= 0.6 is 0 Å². The zero-order valence-corrected chi connectivity index (χ0v) is 11.0. The maximum Gasteiger partial charge on any atom is 0.249 e. The number of amides is 1. The summed E-state index contributed by atoms with van der Waals surface area (Å²) in [5.41, 5.74) is 6.76. The van der Waals surface area contributed by atoms with E-state index in [0.29, 0.717) is 16.8 Å². The molecule has 105 valence electrons. The summed E-state index contributed by atoms with van der Waals surface area (Å²) >= 11 is 0. The number of fused-ring (bicyclic) bond motifs is 1. The van der Waals surface area contributed by atoms with Crippen molar-refractivity contribution in [2.45, 2.75) is 0 Å². The van der Waals surface area contributed by atoms with Crippen molar-refractivity contribution in [2.24, 2.45) is 5.73 Å². The van der Waals surface area contributed by atoms with Crippen molar-refractivity contribution >= 4 is 11.6 Å². The SMILES string of the molecule is COc1cc(C(N)=O)c(-c2cccc(F)c2)c2n[c]nn12. The largest absolute Gasteiger partial charge is 0.481 e. The number of aromatic nitrogens is 3. The predicted octanol–water partition coefficient (Wildman–Crippen LogP) is 1.44. The van der Waals surface area contributed by atoms with E-state index in [9.17, 15) is 9.18 Å². The van der Waals surface area contributed by atoms with Crippen LogP contribution in [0.2, 0.25) is 0 Å². The van der Waals surface area contributed by atoms with Gasteiger partial charge in [-0.3, -0.25) is 4.79 Å². The molecule has 2 aromatic heterocycles. The van der Waals surface area contributed by atoms with E-state index >= 15 is 0 Å². The molecule has 0 spiro atoms. The average Bonchev–Trinajstić information content (AvgIpc) is 2.94. The van der Waals surface area contributed by atoms with Gasteiger partial charge in [0.1, 0.15) is 5.82 Å². The second kappa shape index (κ2) is 4.86. The third-order valence-electron chi connectivity index (χ3n) is 3.06. The minimum atomic E-state index is -0.668. The summed E-state index contributed by atoms with van der Waals surface area (Å²) in [6, 6.07) is 7.24. The summed E-state index contributed by atoms with van der Waals surface area (Å²) in [6.45, 7) is 0. The monoisotopic (exact) mass is 285 g/mol. The standard InChI is InChI=1S/C14H10FN4O2/c1-21-11-6-10(13(16)20)12(14-17-7-18-19(11)14)8-3-2-4-9(15)5-8/h2-6H,1H3,(H2,16,20). The van der Waals surface area contributed by atoms with E-state index in [1.807, 2.05) is 0 Å². The van der Waals surface area contributed by atoms with Crippen molar-refractivity contribution in [3.05, 3.63) is 48.0 Å². The lowest BCUT2D eigenvalue weighted by Crippen LogP contribution is -2.14. The molecule has 1 aromatic carbocycles. The lowest BCUT2D eigenvalue weighted by Gasteiger charge is -2.11. The molecule has 0 aliphatic carbocycles. The lowest BCUT2D eigenvalue weighted by atomic mass is 10.0. The highest BCUT2D eigenvalue weighted by molar-refractivity contribution is 6.03. The fourth-order valence-electron chi connectivity index (χ4n) is 2.17. The van der Waals surface area contributed by atoms with Crippen LogP contribution in [0.5, 0.6) is 5.88 Å². The van der Waals surface area contributed by atoms with E-state index in [2.05, 4.69) is 16.4 Å². The van der Waals surface area contributed by atoms with Crippen LogP contribution in [0.25, 0.3) is 16.8 Å². The maximum atomic E-state index is 13.5. The first-order valence-electron chi connectivity index (χ1n) is 6.01. The first-order chi connectivity index (χ1) is 10.1. The molecular weight excluding hydrogens is 275 g/mol. The zero-order chi connectivity index (χ0) is 15.0. The summed E-state index contributed by atoms with van der Waals surface area (Å²) in [5.74, 6) is -0.814. The highest BCUT2D eigenvalue weighted by Gasteiger charge is 2.20. The number of carbonyl (C=O) groups is 1. The summed E-state index contributed by atoms with van der Waals surface area (Å²) in [7, 11) is 1.43. The Balaban J connectivity index is 2.42. The van der Waals surface area contributed by atoms with Crippen LogP contribution < -0.4 is 10.5 Å². The number of benzene rings is 1. The molecule has 0 atom stereocenters. The van der Waals surface area contributed by atoms with E-state index in [0.717, 1.165) is 0 Å². The Labute approximate surface area is 119 Å². The number of rotatable bonds is 3. The van der Waals surface area contributed by atoms with Gasteiger partial charge in [0.05, 0.1) is 12.7 Å². The first-order valence-corrected chi connectivity index (χ1v) is 6.01. The van der Waals surface area contributed by atoms with Crippen LogP contribution in [0.1, 0.15) is 10.4 Å². The Morgan fingerprint density at radius 3 is 2.90 bits per heavy atom. The highest BCUT2D eigenvalue weighted by Crippen LogP contribution is 2.31. The van der Waals surface area contributed by atoms with E-state index in [4.69, 9.17) is 10.5 Å². The first kappa shape index (κ1) is 13.0. The van der Waals surface area contributed by atoms with Gasteiger partial charge in [0.2, 0.25) is 18.1 Å². The van der Waals surface area contributed by atoms with Gasteiger partial charge in [-0.15, -0.1) is 5.10 Å². The smallest absolute Gasteiger partial charge is 0.249 e. The summed E-state index contributed by atoms with van der Waals surface area (Å²) in [4.78, 5) is 15.7. The van der Waals surface area contributed by atoms with Crippen LogP contribution in [0.3, 0.4) is 0 Å². The third-order valence-corrected chi connectivity index (χ3v) is 3.06. The molecule has 21 heavy (non-hydrogen) atoms. The second-order valence-corrected chi connectivity index (χ2v) is 4.30. The number of carbonyl (C=O) groups excluding carboxylic acids is 1. The minimum Gasteiger partial charge on any atom is -0.481 e. The van der Waals surface area contributed by atoms with Crippen molar-refractivity contribution in [2.75, 3.05) is 7.11 Å². The number of nitrogens with two attached hydrogens (primary N) is 1. The molecule has 0 bridgehead atoms. The average molecular weight is 285 g/mol. The Kier molecular flexibility index (Phi) is 3.02. The van der Waals surface area contributed by atoms with Gasteiger partial charge in [-0.25, -0.2) is 9.37 Å². The van der Waals surface area contributed by atoms with Gasteiger partial charge in [-0.2, -0.15) is 4.52 Å². The molecular formula is C14H10FN4O2. The molecule has 1 amide bonds. The molecule has 0 aliphatic heterocycles. The zero-order valence-electron chi connectivity index (χ0n) is 11.0. The molecule has 2 heterocycles. The van der Waals surface area contributed by atoms with Gasteiger partial charge >= 0.3 is 0 Å². The second-order valence-electron chi connectivity index (χ2n) is 4.30. The number of pyridine rings is 1. The number of hydrogen-bond acceptors (Lipinski definition) is 4. The van der Waals surface area contributed by atoms with Gasteiger partial charge in [0.25, 0.3) is 0 Å². The molecule has 6 nitrogen and oxygen atoms in total. The molecule has 0 saturated carbocycles. The molecule has 0 fully saturated rings. The fourth-order valence-corrected chi connectivity index (χ4v) is 2.17. The van der Waals surface area contributed by atoms with Crippen molar-refractivity contribution in [3.63, 3.8) is 0 Å². The summed E-state index contributed by atoms with van der Waals surface area (Å²) in [5, 5.41) is 3.91. The minimum absolute atomic E-state index is 0.173. The number of nitrogens with zero attached hydrogens (tertiary/aromatic N) is 3. The fraction of sp³-hybridized carbons (Fsp3) is 0.0714. The van der Waals surface area contributed by atoms with Gasteiger partial charge in [0.15, 0.2) is 5.65 Å². The van der Waals surface area contributed by atoms with Crippen molar-refractivity contribution in [1.29, 1.82) is 0 Å². The number of ether oxygens (including phenoxy) is 1. The molecule has 0 saturated heterocycles. The number of methoxy groups -OCH3 is 1. The van der Waals surface area contributed by atoms with Gasteiger partial charge in [-0.05, 0) is 17.7 Å². The number of hydrogen-bond donors (Lipinski definition) is 1. The van der Waals surface area contributed by atoms with Crippen LogP contribution in [-0.4, -0.2) is 27.6 Å². The number of halogens is 1. The lowest BCUT2D eigenvalue weighted by molar-refractivity contribution is 0.100. The molecule has 1 radical (unpaired) electrons.